The second-order valence-electron chi connectivity index (χ2n) is 6.42. The van der Waals surface area contributed by atoms with Crippen molar-refractivity contribution in [3.8, 4) is 6.07 Å². The second-order valence-corrected chi connectivity index (χ2v) is 6.42. The molecule has 0 aromatic heterocycles. The van der Waals surface area contributed by atoms with Gasteiger partial charge in [-0.2, -0.15) is 5.26 Å². The van der Waals surface area contributed by atoms with Gasteiger partial charge in [-0.15, -0.1) is 0 Å². The molecule has 0 radical (unpaired) electrons. The number of amides is 2. The lowest BCUT2D eigenvalue weighted by Gasteiger charge is -2.36. The summed E-state index contributed by atoms with van der Waals surface area (Å²) in [6.45, 7) is 9.28. The number of carbonyl (C=O) groups excluding carboxylic acids is 1. The van der Waals surface area contributed by atoms with Crippen LogP contribution in [0.25, 0.3) is 0 Å². The molecule has 2 N–H and O–H groups in total. The molecule has 0 spiro atoms. The average molecular weight is 295 g/mol. The van der Waals surface area contributed by atoms with Crippen LogP contribution in [0.5, 0.6) is 0 Å². The fourth-order valence-electron chi connectivity index (χ4n) is 2.06. The molecule has 0 unspecified atom stereocenters. The molecule has 0 saturated carbocycles. The van der Waals surface area contributed by atoms with Crippen LogP contribution in [-0.2, 0) is 4.79 Å². The molecule has 0 aliphatic carbocycles. The van der Waals surface area contributed by atoms with Gasteiger partial charge in [0.15, 0.2) is 0 Å². The van der Waals surface area contributed by atoms with Crippen molar-refractivity contribution in [2.24, 2.45) is 11.3 Å². The minimum absolute atomic E-state index is 0.106. The third kappa shape index (κ3) is 5.86. The number of allylic oxidation sites excluding steroid dienone is 1. The van der Waals surface area contributed by atoms with Gasteiger partial charge in [-0.3, -0.25) is 4.79 Å². The summed E-state index contributed by atoms with van der Waals surface area (Å²) in [6, 6.07) is 0.794. The Hall–Kier alpha value is -2.03. The van der Waals surface area contributed by atoms with Crippen LogP contribution in [0.2, 0.25) is 0 Å². The monoisotopic (exact) mass is 295 g/mol. The van der Waals surface area contributed by atoms with Crippen LogP contribution in [0.3, 0.4) is 0 Å². The number of nitriles is 1. The van der Waals surface area contributed by atoms with E-state index in [9.17, 15) is 9.59 Å². The Bertz CT molecular complexity index is 444. The van der Waals surface area contributed by atoms with Crippen LogP contribution in [0.15, 0.2) is 12.2 Å². The number of hydrogen-bond acceptors (Lipinski definition) is 3. The molecule has 2 atom stereocenters. The first kappa shape index (κ1) is 19.0. The predicted molar refractivity (Wildman–Crippen MR) is 80.6 cm³/mol. The van der Waals surface area contributed by atoms with Crippen molar-refractivity contribution < 1.29 is 14.7 Å². The Morgan fingerprint density at radius 1 is 1.33 bits per heavy atom. The number of nitrogens with zero attached hydrogens (tertiary/aromatic N) is 2. The third-order valence-electron chi connectivity index (χ3n) is 3.23. The highest BCUT2D eigenvalue weighted by Crippen LogP contribution is 2.23. The highest BCUT2D eigenvalue weighted by atomic mass is 16.4. The van der Waals surface area contributed by atoms with Gasteiger partial charge in [-0.05, 0) is 11.3 Å². The molecule has 0 saturated heterocycles. The van der Waals surface area contributed by atoms with Crippen molar-refractivity contribution in [3.05, 3.63) is 12.2 Å². The number of carbonyl (C=O) groups is 2. The van der Waals surface area contributed by atoms with Crippen molar-refractivity contribution >= 4 is 12.0 Å². The molecular formula is C15H25N3O3. The van der Waals surface area contributed by atoms with E-state index in [-0.39, 0.29) is 17.9 Å². The molecule has 0 bridgehead atoms. The standard InChI is InChI=1S/C15H25N3O3/c1-10(2)11(8-7-9-16)18(6)13(19)12(15(3,4)5)17-14(20)21/h7-8,10-12,17H,1-6H3,(H,20,21)/b8-7+/t11-,12-/m1/s1. The van der Waals surface area contributed by atoms with E-state index in [4.69, 9.17) is 10.4 Å². The van der Waals surface area contributed by atoms with Gasteiger partial charge in [-0.25, -0.2) is 4.79 Å². The van der Waals surface area contributed by atoms with Gasteiger partial charge in [-0.1, -0.05) is 40.7 Å². The van der Waals surface area contributed by atoms with Crippen LogP contribution in [0.1, 0.15) is 34.6 Å². The lowest BCUT2D eigenvalue weighted by Crippen LogP contribution is -2.56. The zero-order valence-corrected chi connectivity index (χ0v) is 13.5. The molecule has 2 amide bonds. The Morgan fingerprint density at radius 3 is 2.19 bits per heavy atom. The number of rotatable bonds is 5. The van der Waals surface area contributed by atoms with E-state index in [1.54, 1.807) is 33.9 Å². The topological polar surface area (TPSA) is 93.4 Å². The molecule has 0 aromatic rings. The van der Waals surface area contributed by atoms with Gasteiger partial charge < -0.3 is 15.3 Å². The van der Waals surface area contributed by atoms with Crippen LogP contribution in [0.4, 0.5) is 4.79 Å². The fourth-order valence-corrected chi connectivity index (χ4v) is 2.06. The Balaban J connectivity index is 5.36. The molecule has 21 heavy (non-hydrogen) atoms. The van der Waals surface area contributed by atoms with Crippen molar-refractivity contribution in [1.82, 2.24) is 10.2 Å². The molecular weight excluding hydrogens is 270 g/mol. The SMILES string of the molecule is CC(C)[C@@H](/C=C/C#N)N(C)C(=O)[C@@H](NC(=O)O)C(C)(C)C. The predicted octanol–water partition coefficient (Wildman–Crippen LogP) is 2.23. The van der Waals surface area contributed by atoms with Crippen molar-refractivity contribution in [3.63, 3.8) is 0 Å². The first-order valence-corrected chi connectivity index (χ1v) is 6.84. The molecule has 0 aromatic carbocycles. The summed E-state index contributed by atoms with van der Waals surface area (Å²) in [7, 11) is 1.62. The van der Waals surface area contributed by atoms with Gasteiger partial charge in [0, 0.05) is 13.1 Å². The average Bonchev–Trinajstić information content (AvgIpc) is 2.33. The van der Waals surface area contributed by atoms with Crippen molar-refractivity contribution in [1.29, 1.82) is 5.26 Å². The highest BCUT2D eigenvalue weighted by molar-refractivity contribution is 5.86. The summed E-state index contributed by atoms with van der Waals surface area (Å²) in [5.74, 6) is -0.208. The van der Waals surface area contributed by atoms with Crippen LogP contribution in [-0.4, -0.2) is 41.1 Å². The lowest BCUT2D eigenvalue weighted by atomic mass is 9.85. The van der Waals surface area contributed by atoms with E-state index in [1.807, 2.05) is 19.9 Å². The number of likely N-dealkylation sites (N-methyl/N-ethyl adjacent to an activating group) is 1. The first-order chi connectivity index (χ1) is 9.52. The van der Waals surface area contributed by atoms with E-state index in [1.165, 1.54) is 11.0 Å². The van der Waals surface area contributed by atoms with Crippen molar-refractivity contribution in [2.45, 2.75) is 46.7 Å². The molecule has 0 aliphatic rings. The normalized spacial score (nSPS) is 14.6. The lowest BCUT2D eigenvalue weighted by molar-refractivity contribution is -0.136. The summed E-state index contributed by atoms with van der Waals surface area (Å²) in [5, 5.41) is 19.9. The zero-order chi connectivity index (χ0) is 16.8. The van der Waals surface area contributed by atoms with Crippen LogP contribution >= 0.6 is 0 Å². The molecule has 6 heteroatoms. The van der Waals surface area contributed by atoms with Gasteiger partial charge >= 0.3 is 6.09 Å². The number of carboxylic acid groups (broad SMARTS) is 1. The Kier molecular flexibility index (Phi) is 6.93. The third-order valence-corrected chi connectivity index (χ3v) is 3.23. The Morgan fingerprint density at radius 2 is 1.86 bits per heavy atom. The van der Waals surface area contributed by atoms with Gasteiger partial charge in [0.1, 0.15) is 6.04 Å². The Labute approximate surface area is 126 Å². The molecule has 6 nitrogen and oxygen atoms in total. The van der Waals surface area contributed by atoms with Crippen LogP contribution < -0.4 is 5.32 Å². The minimum Gasteiger partial charge on any atom is -0.465 e. The second kappa shape index (κ2) is 7.67. The minimum atomic E-state index is -1.23. The van der Waals surface area contributed by atoms with Crippen LogP contribution in [0, 0.1) is 22.7 Å². The van der Waals surface area contributed by atoms with E-state index < -0.39 is 17.6 Å². The molecule has 0 heterocycles. The first-order valence-electron chi connectivity index (χ1n) is 6.84. The molecule has 0 fully saturated rings. The molecule has 118 valence electrons. The highest BCUT2D eigenvalue weighted by Gasteiger charge is 2.36. The summed E-state index contributed by atoms with van der Waals surface area (Å²) in [6.07, 6.45) is 1.76. The largest absolute Gasteiger partial charge is 0.465 e. The maximum absolute atomic E-state index is 12.6. The van der Waals surface area contributed by atoms with E-state index >= 15 is 0 Å². The quantitative estimate of drug-likeness (QED) is 0.760. The van der Waals surface area contributed by atoms with E-state index in [0.717, 1.165) is 0 Å². The number of hydrogen-bond donors (Lipinski definition) is 2. The number of nitrogens with one attached hydrogen (secondary N) is 1. The van der Waals surface area contributed by atoms with Gasteiger partial charge in [0.2, 0.25) is 5.91 Å². The van der Waals surface area contributed by atoms with E-state index in [0.29, 0.717) is 0 Å². The van der Waals surface area contributed by atoms with Crippen molar-refractivity contribution in [2.75, 3.05) is 7.05 Å². The maximum atomic E-state index is 12.6. The maximum Gasteiger partial charge on any atom is 0.405 e. The molecule has 0 rings (SSSR count). The summed E-state index contributed by atoms with van der Waals surface area (Å²) in [5.41, 5.74) is -0.551. The van der Waals surface area contributed by atoms with E-state index in [2.05, 4.69) is 5.32 Å². The molecule has 0 aliphatic heterocycles. The summed E-state index contributed by atoms with van der Waals surface area (Å²) >= 11 is 0. The smallest absolute Gasteiger partial charge is 0.405 e. The summed E-state index contributed by atoms with van der Waals surface area (Å²) in [4.78, 5) is 25.0. The fraction of sp³-hybridized carbons (Fsp3) is 0.667. The summed E-state index contributed by atoms with van der Waals surface area (Å²) < 4.78 is 0. The van der Waals surface area contributed by atoms with Gasteiger partial charge in [0.25, 0.3) is 0 Å². The zero-order valence-electron chi connectivity index (χ0n) is 13.5. The van der Waals surface area contributed by atoms with Gasteiger partial charge in [0.05, 0.1) is 12.1 Å².